The molecule has 94 valence electrons. The Morgan fingerprint density at radius 3 is 2.88 bits per heavy atom. The lowest BCUT2D eigenvalue weighted by molar-refractivity contribution is 0.111. The molecule has 1 fully saturated rings. The molecule has 0 aromatic heterocycles. The molecule has 2 nitrogen and oxygen atoms in total. The molecule has 0 spiro atoms. The van der Waals surface area contributed by atoms with E-state index in [2.05, 4.69) is 46.4 Å². The molecule has 3 heteroatoms. The lowest BCUT2D eigenvalue weighted by atomic mass is 10.1. The van der Waals surface area contributed by atoms with Crippen LogP contribution in [0.3, 0.4) is 0 Å². The highest BCUT2D eigenvalue weighted by Gasteiger charge is 2.21. The Kier molecular flexibility index (Phi) is 5.01. The van der Waals surface area contributed by atoms with Crippen LogP contribution < -0.4 is 5.32 Å². The summed E-state index contributed by atoms with van der Waals surface area (Å²) in [5, 5.41) is 3.33. The van der Waals surface area contributed by atoms with E-state index in [-0.39, 0.29) is 0 Å². The molecule has 17 heavy (non-hydrogen) atoms. The van der Waals surface area contributed by atoms with Gasteiger partial charge >= 0.3 is 0 Å². The first-order valence-electron chi connectivity index (χ1n) is 6.35. The van der Waals surface area contributed by atoms with Gasteiger partial charge in [-0.1, -0.05) is 35.0 Å². The molecule has 0 aliphatic heterocycles. The van der Waals surface area contributed by atoms with Crippen molar-refractivity contribution in [1.82, 2.24) is 5.32 Å². The largest absolute Gasteiger partial charge is 0.376 e. The van der Waals surface area contributed by atoms with E-state index in [0.29, 0.717) is 0 Å². The van der Waals surface area contributed by atoms with Gasteiger partial charge in [-0.3, -0.25) is 0 Å². The van der Waals surface area contributed by atoms with Crippen molar-refractivity contribution in [1.29, 1.82) is 0 Å². The zero-order valence-corrected chi connectivity index (χ0v) is 11.9. The van der Waals surface area contributed by atoms with E-state index in [1.165, 1.54) is 24.0 Å². The lowest BCUT2D eigenvalue weighted by Gasteiger charge is -2.08. The van der Waals surface area contributed by atoms with Crippen molar-refractivity contribution < 1.29 is 4.74 Å². The van der Waals surface area contributed by atoms with Crippen LogP contribution >= 0.6 is 15.9 Å². The summed E-state index contributed by atoms with van der Waals surface area (Å²) in [6.45, 7) is 5.70. The number of hydrogen-bond donors (Lipinski definition) is 1. The van der Waals surface area contributed by atoms with Gasteiger partial charge in [0.05, 0.1) is 6.61 Å². The average molecular weight is 298 g/mol. The second kappa shape index (κ2) is 6.53. The number of rotatable bonds is 7. The molecule has 1 aliphatic rings. The molecule has 0 unspecified atom stereocenters. The third-order valence-electron chi connectivity index (χ3n) is 3.00. The molecule has 2 rings (SSSR count). The minimum Gasteiger partial charge on any atom is -0.376 e. The van der Waals surface area contributed by atoms with Gasteiger partial charge in [-0.25, -0.2) is 0 Å². The first-order valence-corrected chi connectivity index (χ1v) is 7.14. The molecule has 1 aromatic rings. The molecule has 1 N–H and O–H groups in total. The summed E-state index contributed by atoms with van der Waals surface area (Å²) in [5.74, 6) is 0.835. The fraction of sp³-hybridized carbons (Fsp3) is 0.571. The van der Waals surface area contributed by atoms with Gasteiger partial charge in [-0.2, -0.15) is 0 Å². The fourth-order valence-electron chi connectivity index (χ4n) is 1.71. The first-order chi connectivity index (χ1) is 8.29. The fourth-order valence-corrected chi connectivity index (χ4v) is 2.25. The maximum atomic E-state index is 5.70. The number of ether oxygens (including phenoxy) is 1. The SMILES string of the molecule is CCNCc1ccc(COCC2CC2)c(Br)c1. The van der Waals surface area contributed by atoms with Gasteiger partial charge in [0.1, 0.15) is 0 Å². The standard InChI is InChI=1S/C14H20BrNO/c1-2-16-8-12-5-6-13(14(15)7-12)10-17-9-11-3-4-11/h5-7,11,16H,2-4,8-10H2,1H3. The summed E-state index contributed by atoms with van der Waals surface area (Å²) in [6, 6.07) is 6.51. The van der Waals surface area contributed by atoms with Gasteiger partial charge in [0.25, 0.3) is 0 Å². The van der Waals surface area contributed by atoms with Crippen LogP contribution in [0.1, 0.15) is 30.9 Å². The Morgan fingerprint density at radius 1 is 1.41 bits per heavy atom. The molecule has 0 atom stereocenters. The van der Waals surface area contributed by atoms with Crippen LogP contribution in [-0.4, -0.2) is 13.2 Å². The van der Waals surface area contributed by atoms with Crippen LogP contribution in [0.15, 0.2) is 22.7 Å². The minimum atomic E-state index is 0.721. The van der Waals surface area contributed by atoms with Crippen LogP contribution in [0, 0.1) is 5.92 Å². The van der Waals surface area contributed by atoms with E-state index in [1.54, 1.807) is 0 Å². The molecule has 0 bridgehead atoms. The third-order valence-corrected chi connectivity index (χ3v) is 3.74. The predicted molar refractivity (Wildman–Crippen MR) is 73.9 cm³/mol. The summed E-state index contributed by atoms with van der Waals surface area (Å²) >= 11 is 3.61. The van der Waals surface area contributed by atoms with Crippen LogP contribution in [-0.2, 0) is 17.9 Å². The maximum Gasteiger partial charge on any atom is 0.0727 e. The zero-order valence-electron chi connectivity index (χ0n) is 10.3. The summed E-state index contributed by atoms with van der Waals surface area (Å²) in [6.07, 6.45) is 2.70. The Bertz CT molecular complexity index is 363. The van der Waals surface area contributed by atoms with E-state index in [0.717, 1.165) is 36.7 Å². The van der Waals surface area contributed by atoms with Gasteiger partial charge in [-0.05, 0) is 42.5 Å². The lowest BCUT2D eigenvalue weighted by Crippen LogP contribution is -2.11. The van der Waals surface area contributed by atoms with Gasteiger partial charge in [0.2, 0.25) is 0 Å². The second-order valence-electron chi connectivity index (χ2n) is 4.66. The smallest absolute Gasteiger partial charge is 0.0727 e. The van der Waals surface area contributed by atoms with E-state index in [4.69, 9.17) is 4.74 Å². The Morgan fingerprint density at radius 2 is 2.24 bits per heavy atom. The zero-order chi connectivity index (χ0) is 12.1. The summed E-state index contributed by atoms with van der Waals surface area (Å²) < 4.78 is 6.86. The number of nitrogens with one attached hydrogen (secondary N) is 1. The van der Waals surface area contributed by atoms with Crippen molar-refractivity contribution in [2.24, 2.45) is 5.92 Å². The minimum absolute atomic E-state index is 0.721. The highest BCUT2D eigenvalue weighted by atomic mass is 79.9. The predicted octanol–water partition coefficient (Wildman–Crippen LogP) is 3.49. The Labute approximate surface area is 112 Å². The highest BCUT2D eigenvalue weighted by molar-refractivity contribution is 9.10. The Balaban J connectivity index is 1.83. The summed E-state index contributed by atoms with van der Waals surface area (Å²) in [5.41, 5.74) is 2.55. The van der Waals surface area contributed by atoms with E-state index >= 15 is 0 Å². The molecule has 0 radical (unpaired) electrons. The van der Waals surface area contributed by atoms with Gasteiger partial charge in [0, 0.05) is 17.6 Å². The van der Waals surface area contributed by atoms with Crippen molar-refractivity contribution in [3.8, 4) is 0 Å². The van der Waals surface area contributed by atoms with Crippen LogP contribution in [0.5, 0.6) is 0 Å². The molecule has 1 saturated carbocycles. The molecular formula is C14H20BrNO. The van der Waals surface area contributed by atoms with Gasteiger partial charge in [0.15, 0.2) is 0 Å². The van der Waals surface area contributed by atoms with Gasteiger partial charge in [-0.15, -0.1) is 0 Å². The monoisotopic (exact) mass is 297 g/mol. The summed E-state index contributed by atoms with van der Waals surface area (Å²) in [4.78, 5) is 0. The number of benzene rings is 1. The maximum absolute atomic E-state index is 5.70. The van der Waals surface area contributed by atoms with Crippen molar-refractivity contribution in [2.45, 2.75) is 32.9 Å². The first kappa shape index (κ1) is 13.1. The normalized spacial score (nSPS) is 15.2. The quantitative estimate of drug-likeness (QED) is 0.832. The van der Waals surface area contributed by atoms with Crippen LogP contribution in [0.25, 0.3) is 0 Å². The molecule has 1 aromatic carbocycles. The van der Waals surface area contributed by atoms with Crippen LogP contribution in [0.2, 0.25) is 0 Å². The van der Waals surface area contributed by atoms with E-state index in [9.17, 15) is 0 Å². The van der Waals surface area contributed by atoms with Crippen molar-refractivity contribution in [2.75, 3.05) is 13.2 Å². The van der Waals surface area contributed by atoms with E-state index < -0.39 is 0 Å². The molecular weight excluding hydrogens is 278 g/mol. The third kappa shape index (κ3) is 4.41. The summed E-state index contributed by atoms with van der Waals surface area (Å²) in [7, 11) is 0. The van der Waals surface area contributed by atoms with Crippen molar-refractivity contribution >= 4 is 15.9 Å². The Hall–Kier alpha value is -0.380. The number of halogens is 1. The second-order valence-corrected chi connectivity index (χ2v) is 5.52. The molecule has 0 amide bonds. The van der Waals surface area contributed by atoms with Crippen LogP contribution in [0.4, 0.5) is 0 Å². The van der Waals surface area contributed by atoms with E-state index in [1.807, 2.05) is 0 Å². The molecule has 1 aliphatic carbocycles. The van der Waals surface area contributed by atoms with Crippen molar-refractivity contribution in [3.63, 3.8) is 0 Å². The highest BCUT2D eigenvalue weighted by Crippen LogP contribution is 2.29. The average Bonchev–Trinajstić information content (AvgIpc) is 3.13. The molecule has 0 saturated heterocycles. The topological polar surface area (TPSA) is 21.3 Å². The van der Waals surface area contributed by atoms with Crippen molar-refractivity contribution in [3.05, 3.63) is 33.8 Å². The van der Waals surface area contributed by atoms with Gasteiger partial charge < -0.3 is 10.1 Å². The molecule has 0 heterocycles. The number of hydrogen-bond acceptors (Lipinski definition) is 2.